The monoisotopic (exact) mass is 278 g/mol. The van der Waals surface area contributed by atoms with Gasteiger partial charge in [0.25, 0.3) is 11.7 Å². The van der Waals surface area contributed by atoms with E-state index >= 15 is 0 Å². The Bertz CT molecular complexity index is 652. The first-order valence-electron chi connectivity index (χ1n) is 6.04. The quantitative estimate of drug-likeness (QED) is 0.658. The minimum Gasteiger partial charge on any atom is -0.423 e. The third-order valence-corrected chi connectivity index (χ3v) is 2.89. The molecule has 20 heavy (non-hydrogen) atoms. The molecule has 0 aliphatic heterocycles. The van der Waals surface area contributed by atoms with E-state index in [2.05, 4.69) is 10.3 Å². The van der Waals surface area contributed by atoms with Crippen molar-refractivity contribution in [1.29, 1.82) is 0 Å². The molecule has 106 valence electrons. The van der Waals surface area contributed by atoms with Crippen LogP contribution in [0.4, 0.5) is 11.7 Å². The van der Waals surface area contributed by atoms with Crippen LogP contribution in [0.5, 0.6) is 0 Å². The number of amides is 1. The van der Waals surface area contributed by atoms with Crippen molar-refractivity contribution in [3.05, 3.63) is 28.3 Å². The Balaban J connectivity index is 2.18. The maximum absolute atomic E-state index is 11.6. The third-order valence-electron chi connectivity index (χ3n) is 2.89. The summed E-state index contributed by atoms with van der Waals surface area (Å²) in [5, 5.41) is 13.6. The Morgan fingerprint density at radius 1 is 1.55 bits per heavy atom. The van der Waals surface area contributed by atoms with Crippen LogP contribution in [0.3, 0.4) is 0 Å². The summed E-state index contributed by atoms with van der Waals surface area (Å²) in [6, 6.07) is 4.54. The molecule has 0 unspecified atom stereocenters. The number of para-hydroxylation sites is 1. The zero-order valence-electron chi connectivity index (χ0n) is 11.1. The van der Waals surface area contributed by atoms with Gasteiger partial charge >= 0.3 is 0 Å². The fraction of sp³-hybridized carbons (Fsp3) is 0.333. The van der Waals surface area contributed by atoms with Gasteiger partial charge in [-0.25, -0.2) is 0 Å². The van der Waals surface area contributed by atoms with Crippen molar-refractivity contribution < 1.29 is 14.1 Å². The number of fused-ring (bicyclic) bond motifs is 1. The summed E-state index contributed by atoms with van der Waals surface area (Å²) in [7, 11) is 1.68. The SMILES string of the molecule is CCN(C)C(=O)CNc1nc2c([N+](=O)[O-])cccc2o1. The Morgan fingerprint density at radius 2 is 2.30 bits per heavy atom. The highest BCUT2D eigenvalue weighted by molar-refractivity contribution is 5.85. The number of nitrogens with zero attached hydrogens (tertiary/aromatic N) is 3. The molecule has 1 amide bonds. The lowest BCUT2D eigenvalue weighted by molar-refractivity contribution is -0.383. The van der Waals surface area contributed by atoms with Crippen molar-refractivity contribution in [3.8, 4) is 0 Å². The van der Waals surface area contributed by atoms with Crippen molar-refractivity contribution in [1.82, 2.24) is 9.88 Å². The smallest absolute Gasteiger partial charge is 0.298 e. The standard InChI is InChI=1S/C12H14N4O4/c1-3-15(2)10(17)7-13-12-14-11-8(16(18)19)5-4-6-9(11)20-12/h4-6H,3,7H2,1-2H3,(H,13,14). The number of benzene rings is 1. The highest BCUT2D eigenvalue weighted by Crippen LogP contribution is 2.27. The number of nitro groups is 1. The topological polar surface area (TPSA) is 102 Å². The molecule has 0 bridgehead atoms. The van der Waals surface area contributed by atoms with Crippen LogP contribution < -0.4 is 5.32 Å². The first-order chi connectivity index (χ1) is 9.52. The molecule has 1 aromatic heterocycles. The van der Waals surface area contributed by atoms with Crippen LogP contribution in [0.2, 0.25) is 0 Å². The fourth-order valence-corrected chi connectivity index (χ4v) is 1.62. The van der Waals surface area contributed by atoms with E-state index in [1.165, 1.54) is 17.0 Å². The highest BCUT2D eigenvalue weighted by atomic mass is 16.6. The van der Waals surface area contributed by atoms with Crippen molar-refractivity contribution >= 4 is 28.7 Å². The van der Waals surface area contributed by atoms with Crippen LogP contribution in [-0.2, 0) is 4.79 Å². The van der Waals surface area contributed by atoms with Gasteiger partial charge in [0.2, 0.25) is 5.91 Å². The number of hydrogen-bond acceptors (Lipinski definition) is 6. The van der Waals surface area contributed by atoms with Crippen LogP contribution in [-0.4, -0.2) is 40.9 Å². The highest BCUT2D eigenvalue weighted by Gasteiger charge is 2.17. The number of non-ortho nitro benzene ring substituents is 1. The molecule has 0 aliphatic rings. The summed E-state index contributed by atoms with van der Waals surface area (Å²) < 4.78 is 5.33. The summed E-state index contributed by atoms with van der Waals surface area (Å²) in [5.74, 6) is -0.121. The van der Waals surface area contributed by atoms with Gasteiger partial charge in [0.1, 0.15) is 0 Å². The number of aromatic nitrogens is 1. The summed E-state index contributed by atoms with van der Waals surface area (Å²) in [6.45, 7) is 2.48. The number of carbonyl (C=O) groups excluding carboxylic acids is 1. The Labute approximate surface area is 114 Å². The number of carbonyl (C=O) groups is 1. The van der Waals surface area contributed by atoms with Gasteiger partial charge in [-0.3, -0.25) is 14.9 Å². The fourth-order valence-electron chi connectivity index (χ4n) is 1.62. The van der Waals surface area contributed by atoms with Gasteiger partial charge in [-0.1, -0.05) is 6.07 Å². The Kier molecular flexibility index (Phi) is 3.83. The first kappa shape index (κ1) is 13.8. The zero-order chi connectivity index (χ0) is 14.7. The molecule has 8 heteroatoms. The number of rotatable bonds is 5. The number of hydrogen-bond donors (Lipinski definition) is 1. The molecule has 0 saturated carbocycles. The molecule has 0 aliphatic carbocycles. The maximum atomic E-state index is 11.6. The molecule has 1 aromatic carbocycles. The van der Waals surface area contributed by atoms with Gasteiger partial charge < -0.3 is 14.6 Å². The Morgan fingerprint density at radius 3 is 2.95 bits per heavy atom. The van der Waals surface area contributed by atoms with E-state index in [1.54, 1.807) is 13.1 Å². The van der Waals surface area contributed by atoms with E-state index in [1.807, 2.05) is 6.92 Å². The third kappa shape index (κ3) is 2.68. The summed E-state index contributed by atoms with van der Waals surface area (Å²) >= 11 is 0. The second-order valence-electron chi connectivity index (χ2n) is 4.16. The minimum atomic E-state index is -0.523. The van der Waals surface area contributed by atoms with E-state index in [0.29, 0.717) is 12.1 Å². The van der Waals surface area contributed by atoms with E-state index in [9.17, 15) is 14.9 Å². The molecule has 0 atom stereocenters. The van der Waals surface area contributed by atoms with Crippen molar-refractivity contribution in [3.63, 3.8) is 0 Å². The minimum absolute atomic E-state index is 0.0188. The number of anilines is 1. The molecule has 0 fully saturated rings. The van der Waals surface area contributed by atoms with E-state index in [4.69, 9.17) is 4.42 Å². The van der Waals surface area contributed by atoms with E-state index in [0.717, 1.165) is 0 Å². The second-order valence-corrected chi connectivity index (χ2v) is 4.16. The predicted octanol–water partition coefficient (Wildman–Crippen LogP) is 1.63. The van der Waals surface area contributed by atoms with Gasteiger partial charge in [-0.05, 0) is 13.0 Å². The number of likely N-dealkylation sites (N-methyl/N-ethyl adjacent to an activating group) is 1. The zero-order valence-corrected chi connectivity index (χ0v) is 11.1. The predicted molar refractivity (Wildman–Crippen MR) is 72.5 cm³/mol. The van der Waals surface area contributed by atoms with Crippen LogP contribution in [0.25, 0.3) is 11.1 Å². The number of nitrogens with one attached hydrogen (secondary N) is 1. The molecular formula is C12H14N4O4. The lowest BCUT2D eigenvalue weighted by atomic mass is 10.3. The molecule has 2 aromatic rings. The normalized spacial score (nSPS) is 10.5. The largest absolute Gasteiger partial charge is 0.423 e. The van der Waals surface area contributed by atoms with Gasteiger partial charge in [-0.15, -0.1) is 0 Å². The van der Waals surface area contributed by atoms with Crippen molar-refractivity contribution in [2.24, 2.45) is 0 Å². The lowest BCUT2D eigenvalue weighted by Crippen LogP contribution is -2.31. The maximum Gasteiger partial charge on any atom is 0.298 e. The molecule has 2 rings (SSSR count). The summed E-state index contributed by atoms with van der Waals surface area (Å²) in [5.41, 5.74) is 0.339. The molecule has 0 spiro atoms. The second kappa shape index (κ2) is 5.55. The van der Waals surface area contributed by atoms with Crippen molar-refractivity contribution in [2.75, 3.05) is 25.5 Å². The Hall–Kier alpha value is -2.64. The van der Waals surface area contributed by atoms with Gasteiger partial charge in [0.05, 0.1) is 11.5 Å². The molecule has 1 heterocycles. The molecule has 0 saturated heterocycles. The lowest BCUT2D eigenvalue weighted by Gasteiger charge is -2.13. The van der Waals surface area contributed by atoms with Gasteiger partial charge in [0, 0.05) is 19.7 Å². The van der Waals surface area contributed by atoms with Crippen LogP contribution in [0.15, 0.2) is 22.6 Å². The van der Waals surface area contributed by atoms with Crippen LogP contribution >= 0.6 is 0 Å². The average molecular weight is 278 g/mol. The number of oxazole rings is 1. The van der Waals surface area contributed by atoms with Crippen molar-refractivity contribution in [2.45, 2.75) is 6.92 Å². The van der Waals surface area contributed by atoms with Crippen LogP contribution in [0.1, 0.15) is 6.92 Å². The summed E-state index contributed by atoms with van der Waals surface area (Å²) in [4.78, 5) is 27.5. The number of nitro benzene ring substituents is 1. The molecule has 8 nitrogen and oxygen atoms in total. The molecular weight excluding hydrogens is 264 g/mol. The average Bonchev–Trinajstić information content (AvgIpc) is 2.86. The van der Waals surface area contributed by atoms with E-state index < -0.39 is 4.92 Å². The van der Waals surface area contributed by atoms with Crippen LogP contribution in [0, 0.1) is 10.1 Å². The summed E-state index contributed by atoms with van der Waals surface area (Å²) in [6.07, 6.45) is 0. The van der Waals surface area contributed by atoms with E-state index in [-0.39, 0.29) is 29.7 Å². The first-order valence-corrected chi connectivity index (χ1v) is 6.04. The molecule has 1 N–H and O–H groups in total. The van der Waals surface area contributed by atoms with Gasteiger partial charge in [0.15, 0.2) is 11.1 Å². The van der Waals surface area contributed by atoms with Gasteiger partial charge in [-0.2, -0.15) is 4.98 Å². The molecule has 0 radical (unpaired) electrons.